The molecule has 0 aromatic carbocycles. The van der Waals surface area contributed by atoms with Gasteiger partial charge in [-0.15, -0.1) is 0 Å². The second-order valence-electron chi connectivity index (χ2n) is 3.57. The lowest BCUT2D eigenvalue weighted by Crippen LogP contribution is -2.17. The maximum Gasteiger partial charge on any atom is 0.189 e. The fourth-order valence-corrected chi connectivity index (χ4v) is 1.49. The summed E-state index contributed by atoms with van der Waals surface area (Å²) < 4.78 is 10.6. The molecule has 0 aliphatic heterocycles. The number of ether oxygens (including phenoxy) is 1. The Kier molecular flexibility index (Phi) is 3.93. The first-order valence-corrected chi connectivity index (χ1v) is 5.33. The monoisotopic (exact) mass is 247 g/mol. The lowest BCUT2D eigenvalue weighted by atomic mass is 10.2. The van der Waals surface area contributed by atoms with Crippen LogP contribution in [0, 0.1) is 0 Å². The maximum absolute atomic E-state index is 8.66. The highest BCUT2D eigenvalue weighted by Crippen LogP contribution is 2.09. The quantitative estimate of drug-likeness (QED) is 0.361. The molecule has 0 amide bonds. The molecule has 6 nitrogen and oxygen atoms in total. The van der Waals surface area contributed by atoms with Gasteiger partial charge in [0.2, 0.25) is 0 Å². The third-order valence-electron chi connectivity index (χ3n) is 2.32. The predicted molar refractivity (Wildman–Crippen MR) is 63.9 cm³/mol. The maximum atomic E-state index is 8.66. The Balaban J connectivity index is 2.01. The second-order valence-corrected chi connectivity index (χ2v) is 3.57. The molecule has 2 aromatic heterocycles. The van der Waals surface area contributed by atoms with E-state index in [0.717, 1.165) is 11.3 Å². The van der Waals surface area contributed by atoms with Crippen LogP contribution in [0.5, 0.6) is 0 Å². The van der Waals surface area contributed by atoms with Crippen LogP contribution >= 0.6 is 0 Å². The molecule has 0 aliphatic carbocycles. The molecule has 2 rings (SSSR count). The molecule has 0 saturated heterocycles. The van der Waals surface area contributed by atoms with Crippen LogP contribution in [-0.4, -0.2) is 16.0 Å². The van der Waals surface area contributed by atoms with Gasteiger partial charge in [0.05, 0.1) is 12.9 Å². The molecule has 0 bridgehead atoms. The minimum absolute atomic E-state index is 0.0350. The lowest BCUT2D eigenvalue weighted by molar-refractivity contribution is 0.0926. The van der Waals surface area contributed by atoms with Gasteiger partial charge in [-0.2, -0.15) is 0 Å². The highest BCUT2D eigenvalue weighted by molar-refractivity contribution is 5.96. The molecule has 18 heavy (non-hydrogen) atoms. The van der Waals surface area contributed by atoms with E-state index in [2.05, 4.69) is 10.1 Å². The Hall–Kier alpha value is -2.34. The zero-order chi connectivity index (χ0) is 12.8. The van der Waals surface area contributed by atoms with E-state index in [0.29, 0.717) is 18.9 Å². The van der Waals surface area contributed by atoms with Gasteiger partial charge in [-0.3, -0.25) is 4.98 Å². The summed E-state index contributed by atoms with van der Waals surface area (Å²) in [5.74, 6) is 0.705. The summed E-state index contributed by atoms with van der Waals surface area (Å²) in [6, 6.07) is 7.19. The van der Waals surface area contributed by atoms with Crippen LogP contribution in [0.25, 0.3) is 0 Å². The Morgan fingerprint density at radius 2 is 2.28 bits per heavy atom. The molecular weight excluding hydrogens is 234 g/mol. The van der Waals surface area contributed by atoms with Gasteiger partial charge in [0, 0.05) is 11.8 Å². The minimum Gasteiger partial charge on any atom is -0.467 e. The summed E-state index contributed by atoms with van der Waals surface area (Å²) in [5, 5.41) is 11.6. The van der Waals surface area contributed by atoms with Crippen molar-refractivity contribution in [2.45, 2.75) is 13.2 Å². The number of furan rings is 1. The SMILES string of the molecule is NC(=NO)c1ncccc1COCc1ccco1. The van der Waals surface area contributed by atoms with Crippen molar-refractivity contribution in [2.24, 2.45) is 10.9 Å². The van der Waals surface area contributed by atoms with Crippen molar-refractivity contribution in [2.75, 3.05) is 0 Å². The van der Waals surface area contributed by atoms with Crippen molar-refractivity contribution in [3.8, 4) is 0 Å². The molecule has 0 spiro atoms. The first-order chi connectivity index (χ1) is 8.81. The number of aromatic nitrogens is 1. The van der Waals surface area contributed by atoms with E-state index in [4.69, 9.17) is 20.1 Å². The van der Waals surface area contributed by atoms with E-state index >= 15 is 0 Å². The summed E-state index contributed by atoms with van der Waals surface area (Å²) in [7, 11) is 0. The first kappa shape index (κ1) is 12.1. The number of hydrogen-bond acceptors (Lipinski definition) is 5. The minimum atomic E-state index is -0.0350. The van der Waals surface area contributed by atoms with E-state index in [1.165, 1.54) is 0 Å². The molecule has 2 heterocycles. The number of amidine groups is 1. The number of nitrogens with zero attached hydrogens (tertiary/aromatic N) is 2. The van der Waals surface area contributed by atoms with E-state index in [9.17, 15) is 0 Å². The van der Waals surface area contributed by atoms with E-state index in [1.807, 2.05) is 12.1 Å². The third-order valence-corrected chi connectivity index (χ3v) is 2.32. The van der Waals surface area contributed by atoms with Gasteiger partial charge in [-0.05, 0) is 18.2 Å². The van der Waals surface area contributed by atoms with E-state index in [1.54, 1.807) is 24.6 Å². The van der Waals surface area contributed by atoms with Crippen LogP contribution < -0.4 is 5.73 Å². The lowest BCUT2D eigenvalue weighted by Gasteiger charge is -2.07. The molecule has 0 atom stereocenters. The molecule has 0 aliphatic rings. The highest BCUT2D eigenvalue weighted by atomic mass is 16.5. The van der Waals surface area contributed by atoms with Crippen LogP contribution in [0.4, 0.5) is 0 Å². The van der Waals surface area contributed by atoms with Gasteiger partial charge in [-0.1, -0.05) is 11.2 Å². The Bertz CT molecular complexity index is 523. The van der Waals surface area contributed by atoms with Crippen molar-refractivity contribution in [3.05, 3.63) is 53.7 Å². The van der Waals surface area contributed by atoms with Crippen LogP contribution in [0.15, 0.2) is 46.3 Å². The molecule has 6 heteroatoms. The number of pyridine rings is 1. The second kappa shape index (κ2) is 5.83. The van der Waals surface area contributed by atoms with Crippen LogP contribution in [0.1, 0.15) is 17.0 Å². The smallest absolute Gasteiger partial charge is 0.189 e. The zero-order valence-corrected chi connectivity index (χ0v) is 9.61. The average molecular weight is 247 g/mol. The fourth-order valence-electron chi connectivity index (χ4n) is 1.49. The Labute approximate surface area is 104 Å². The molecule has 0 saturated carbocycles. The molecule has 0 radical (unpaired) electrons. The van der Waals surface area contributed by atoms with Gasteiger partial charge < -0.3 is 20.1 Å². The topological polar surface area (TPSA) is 93.9 Å². The van der Waals surface area contributed by atoms with Crippen molar-refractivity contribution >= 4 is 5.84 Å². The van der Waals surface area contributed by atoms with Gasteiger partial charge in [0.15, 0.2) is 5.84 Å². The van der Waals surface area contributed by atoms with Gasteiger partial charge >= 0.3 is 0 Å². The first-order valence-electron chi connectivity index (χ1n) is 5.33. The average Bonchev–Trinajstić information content (AvgIpc) is 2.92. The summed E-state index contributed by atoms with van der Waals surface area (Å²) >= 11 is 0. The molecule has 2 aromatic rings. The van der Waals surface area contributed by atoms with Crippen molar-refractivity contribution in [1.82, 2.24) is 4.98 Å². The Morgan fingerprint density at radius 1 is 1.39 bits per heavy atom. The number of rotatable bonds is 5. The summed E-state index contributed by atoms with van der Waals surface area (Å²) in [6.07, 6.45) is 3.16. The molecule has 94 valence electrons. The third kappa shape index (κ3) is 2.86. The molecular formula is C12H13N3O3. The summed E-state index contributed by atoms with van der Waals surface area (Å²) in [5.41, 5.74) is 6.69. The number of hydrogen-bond donors (Lipinski definition) is 2. The molecule has 0 fully saturated rings. The zero-order valence-electron chi connectivity index (χ0n) is 9.61. The van der Waals surface area contributed by atoms with Crippen LogP contribution in [-0.2, 0) is 18.0 Å². The normalized spacial score (nSPS) is 11.7. The van der Waals surface area contributed by atoms with Crippen molar-refractivity contribution in [1.29, 1.82) is 0 Å². The van der Waals surface area contributed by atoms with Gasteiger partial charge in [0.1, 0.15) is 18.1 Å². The largest absolute Gasteiger partial charge is 0.467 e. The van der Waals surface area contributed by atoms with Gasteiger partial charge in [-0.25, -0.2) is 0 Å². The number of oxime groups is 1. The molecule has 3 N–H and O–H groups in total. The highest BCUT2D eigenvalue weighted by Gasteiger charge is 2.08. The summed E-state index contributed by atoms with van der Waals surface area (Å²) in [6.45, 7) is 0.664. The van der Waals surface area contributed by atoms with E-state index in [-0.39, 0.29) is 5.84 Å². The van der Waals surface area contributed by atoms with Crippen molar-refractivity contribution < 1.29 is 14.4 Å². The van der Waals surface area contributed by atoms with E-state index < -0.39 is 0 Å². The van der Waals surface area contributed by atoms with Crippen LogP contribution in [0.2, 0.25) is 0 Å². The Morgan fingerprint density at radius 3 is 3.00 bits per heavy atom. The van der Waals surface area contributed by atoms with Crippen LogP contribution in [0.3, 0.4) is 0 Å². The van der Waals surface area contributed by atoms with Gasteiger partial charge in [0.25, 0.3) is 0 Å². The standard InChI is InChI=1S/C12H13N3O3/c13-12(15-16)11-9(3-1-5-14-11)7-17-8-10-4-2-6-18-10/h1-6,16H,7-8H2,(H2,13,15). The van der Waals surface area contributed by atoms with Crippen molar-refractivity contribution in [3.63, 3.8) is 0 Å². The fraction of sp³-hybridized carbons (Fsp3) is 0.167. The predicted octanol–water partition coefficient (Wildman–Crippen LogP) is 1.49. The molecule has 0 unspecified atom stereocenters. The number of nitrogens with two attached hydrogens (primary N) is 1. The summed E-state index contributed by atoms with van der Waals surface area (Å²) in [4.78, 5) is 4.05.